The summed E-state index contributed by atoms with van der Waals surface area (Å²) in [5.74, 6) is 0.968. The maximum absolute atomic E-state index is 12.8. The molecule has 1 amide bonds. The number of amides is 1. The van der Waals surface area contributed by atoms with Gasteiger partial charge in [0.15, 0.2) is 0 Å². The van der Waals surface area contributed by atoms with Gasteiger partial charge in [-0.05, 0) is 51.7 Å². The Kier molecular flexibility index (Phi) is 3.84. The molecule has 3 aromatic rings. The van der Waals surface area contributed by atoms with Gasteiger partial charge in [-0.25, -0.2) is 0 Å². The number of aromatic nitrogens is 4. The molecule has 0 unspecified atom stereocenters. The molecule has 1 atom stereocenters. The highest BCUT2D eigenvalue weighted by atomic mass is 32.2. The summed E-state index contributed by atoms with van der Waals surface area (Å²) in [7, 11) is 0. The average Bonchev–Trinajstić information content (AvgIpc) is 3.26. The standard InChI is InChI=1S/C15H13N5OS2/c21-15(14-10-5-7-22-13(10)6-8-23-14)17-11-3-1-2-4-12(11)20-9-16-18-19-20/h1-5,7,9,14H,6,8H2,(H,17,21)/t14-/m0/s1. The van der Waals surface area contributed by atoms with Crippen molar-refractivity contribution in [2.24, 2.45) is 0 Å². The topological polar surface area (TPSA) is 72.7 Å². The van der Waals surface area contributed by atoms with Crippen LogP contribution in [0.4, 0.5) is 5.69 Å². The van der Waals surface area contributed by atoms with Crippen LogP contribution in [0.1, 0.15) is 15.7 Å². The minimum Gasteiger partial charge on any atom is -0.323 e. The molecule has 1 N–H and O–H groups in total. The molecule has 8 heteroatoms. The zero-order valence-corrected chi connectivity index (χ0v) is 13.7. The maximum atomic E-state index is 12.8. The smallest absolute Gasteiger partial charge is 0.242 e. The van der Waals surface area contributed by atoms with Gasteiger partial charge in [0.25, 0.3) is 0 Å². The number of thiophene rings is 1. The Hall–Kier alpha value is -2.19. The van der Waals surface area contributed by atoms with E-state index in [1.54, 1.807) is 27.8 Å². The average molecular weight is 343 g/mol. The summed E-state index contributed by atoms with van der Waals surface area (Å²) in [5.41, 5.74) is 2.59. The molecule has 0 saturated carbocycles. The van der Waals surface area contributed by atoms with Crippen molar-refractivity contribution >= 4 is 34.7 Å². The third kappa shape index (κ3) is 2.75. The predicted molar refractivity (Wildman–Crippen MR) is 91.0 cm³/mol. The highest BCUT2D eigenvalue weighted by molar-refractivity contribution is 8.00. The Balaban J connectivity index is 1.62. The Morgan fingerprint density at radius 2 is 2.22 bits per heavy atom. The number of para-hydroxylation sites is 2. The van der Waals surface area contributed by atoms with E-state index in [2.05, 4.69) is 32.3 Å². The van der Waals surface area contributed by atoms with Crippen LogP contribution in [-0.2, 0) is 11.2 Å². The van der Waals surface area contributed by atoms with E-state index in [9.17, 15) is 4.79 Å². The molecule has 2 aromatic heterocycles. The Bertz CT molecular complexity index is 830. The van der Waals surface area contributed by atoms with Crippen LogP contribution in [0.3, 0.4) is 0 Å². The number of thioether (sulfide) groups is 1. The highest BCUT2D eigenvalue weighted by Crippen LogP contribution is 2.40. The van der Waals surface area contributed by atoms with Crippen molar-refractivity contribution < 1.29 is 4.79 Å². The fourth-order valence-electron chi connectivity index (χ4n) is 2.61. The lowest BCUT2D eigenvalue weighted by Crippen LogP contribution is -2.22. The quantitative estimate of drug-likeness (QED) is 0.791. The summed E-state index contributed by atoms with van der Waals surface area (Å²) in [4.78, 5) is 14.1. The largest absolute Gasteiger partial charge is 0.323 e. The number of tetrazole rings is 1. The van der Waals surface area contributed by atoms with Gasteiger partial charge < -0.3 is 5.32 Å². The van der Waals surface area contributed by atoms with Crippen LogP contribution in [0.5, 0.6) is 0 Å². The molecule has 116 valence electrons. The summed E-state index contributed by atoms with van der Waals surface area (Å²) in [5, 5.41) is 16.1. The normalized spacial score (nSPS) is 16.8. The van der Waals surface area contributed by atoms with Gasteiger partial charge in [-0.2, -0.15) is 4.68 Å². The van der Waals surface area contributed by atoms with E-state index >= 15 is 0 Å². The first-order valence-corrected chi connectivity index (χ1v) is 9.07. The van der Waals surface area contributed by atoms with Gasteiger partial charge in [-0.1, -0.05) is 12.1 Å². The van der Waals surface area contributed by atoms with Crippen LogP contribution in [-0.4, -0.2) is 31.9 Å². The number of nitrogens with zero attached hydrogens (tertiary/aromatic N) is 4. The fourth-order valence-corrected chi connectivity index (χ4v) is 4.91. The lowest BCUT2D eigenvalue weighted by molar-refractivity contribution is -0.115. The Labute approximate surface area is 140 Å². The van der Waals surface area contributed by atoms with E-state index in [4.69, 9.17) is 0 Å². The lowest BCUT2D eigenvalue weighted by Gasteiger charge is -2.22. The van der Waals surface area contributed by atoms with Gasteiger partial charge in [0.05, 0.1) is 11.4 Å². The van der Waals surface area contributed by atoms with E-state index in [-0.39, 0.29) is 11.2 Å². The third-order valence-electron chi connectivity index (χ3n) is 3.67. The molecule has 0 radical (unpaired) electrons. The molecular formula is C15H13N5OS2. The predicted octanol–water partition coefficient (Wildman–Crippen LogP) is 2.69. The van der Waals surface area contributed by atoms with E-state index in [1.165, 1.54) is 11.2 Å². The molecule has 1 aliphatic rings. The molecule has 0 aliphatic carbocycles. The second-order valence-electron chi connectivity index (χ2n) is 5.06. The third-order valence-corrected chi connectivity index (χ3v) is 5.91. The molecule has 23 heavy (non-hydrogen) atoms. The Morgan fingerprint density at radius 1 is 1.30 bits per heavy atom. The summed E-state index contributed by atoms with van der Waals surface area (Å²) in [6.07, 6.45) is 2.56. The highest BCUT2D eigenvalue weighted by Gasteiger charge is 2.28. The van der Waals surface area contributed by atoms with Gasteiger partial charge in [0.2, 0.25) is 5.91 Å². The van der Waals surface area contributed by atoms with Gasteiger partial charge in [-0.3, -0.25) is 4.79 Å². The van der Waals surface area contributed by atoms with Crippen molar-refractivity contribution in [2.75, 3.05) is 11.1 Å². The van der Waals surface area contributed by atoms with Crippen molar-refractivity contribution in [3.8, 4) is 5.69 Å². The van der Waals surface area contributed by atoms with E-state index < -0.39 is 0 Å². The summed E-state index contributed by atoms with van der Waals surface area (Å²) in [6.45, 7) is 0. The molecule has 0 bridgehead atoms. The van der Waals surface area contributed by atoms with Crippen molar-refractivity contribution in [1.82, 2.24) is 20.2 Å². The number of fused-ring (bicyclic) bond motifs is 1. The van der Waals surface area contributed by atoms with Crippen molar-refractivity contribution in [3.63, 3.8) is 0 Å². The first-order chi connectivity index (χ1) is 11.3. The number of hydrogen-bond donors (Lipinski definition) is 1. The van der Waals surface area contributed by atoms with Crippen LogP contribution >= 0.6 is 23.1 Å². The first kappa shape index (κ1) is 14.4. The van der Waals surface area contributed by atoms with Crippen LogP contribution in [0, 0.1) is 0 Å². The zero-order chi connectivity index (χ0) is 15.6. The summed E-state index contributed by atoms with van der Waals surface area (Å²) < 4.78 is 1.54. The monoisotopic (exact) mass is 343 g/mol. The number of hydrogen-bond acceptors (Lipinski definition) is 6. The van der Waals surface area contributed by atoms with E-state index in [1.807, 2.05) is 24.3 Å². The second kappa shape index (κ2) is 6.13. The maximum Gasteiger partial charge on any atom is 0.242 e. The van der Waals surface area contributed by atoms with E-state index in [0.717, 1.165) is 23.4 Å². The fraction of sp³-hybridized carbons (Fsp3) is 0.200. The SMILES string of the molecule is O=C(Nc1ccccc1-n1cnnn1)[C@H]1SCCc2sccc21. The van der Waals surface area contributed by atoms with Crippen molar-refractivity contribution in [1.29, 1.82) is 0 Å². The first-order valence-electron chi connectivity index (χ1n) is 7.14. The number of benzene rings is 1. The molecule has 0 fully saturated rings. The molecular weight excluding hydrogens is 330 g/mol. The summed E-state index contributed by atoms with van der Waals surface area (Å²) in [6, 6.07) is 9.56. The van der Waals surface area contributed by atoms with Crippen molar-refractivity contribution in [3.05, 3.63) is 52.5 Å². The molecule has 0 saturated heterocycles. The number of aryl methyl sites for hydroxylation is 1. The molecule has 0 spiro atoms. The van der Waals surface area contributed by atoms with Crippen LogP contribution in [0.2, 0.25) is 0 Å². The van der Waals surface area contributed by atoms with Gasteiger partial charge in [0, 0.05) is 4.88 Å². The van der Waals surface area contributed by atoms with E-state index in [0.29, 0.717) is 5.69 Å². The van der Waals surface area contributed by atoms with Crippen LogP contribution in [0.25, 0.3) is 5.69 Å². The van der Waals surface area contributed by atoms with Gasteiger partial charge in [0.1, 0.15) is 11.6 Å². The minimum atomic E-state index is -0.160. The second-order valence-corrected chi connectivity index (χ2v) is 7.27. The zero-order valence-electron chi connectivity index (χ0n) is 12.0. The molecule has 1 aliphatic heterocycles. The summed E-state index contributed by atoms with van der Waals surface area (Å²) >= 11 is 3.42. The van der Waals surface area contributed by atoms with Crippen molar-refractivity contribution in [2.45, 2.75) is 11.7 Å². The van der Waals surface area contributed by atoms with Gasteiger partial charge in [-0.15, -0.1) is 28.2 Å². The lowest BCUT2D eigenvalue weighted by atomic mass is 10.1. The van der Waals surface area contributed by atoms with Gasteiger partial charge >= 0.3 is 0 Å². The number of carbonyl (C=O) groups is 1. The number of carbonyl (C=O) groups excluding carboxylic acids is 1. The van der Waals surface area contributed by atoms with Crippen LogP contribution in [0.15, 0.2) is 42.0 Å². The number of nitrogens with one attached hydrogen (secondary N) is 1. The minimum absolute atomic E-state index is 0.00475. The molecule has 4 rings (SSSR count). The number of anilines is 1. The van der Waals surface area contributed by atoms with Crippen LogP contribution < -0.4 is 5.32 Å². The molecule has 1 aromatic carbocycles. The number of rotatable bonds is 3. The Morgan fingerprint density at radius 3 is 3.09 bits per heavy atom. The molecule has 6 nitrogen and oxygen atoms in total. The molecule has 3 heterocycles.